The van der Waals surface area contributed by atoms with E-state index >= 15 is 0 Å². The number of halogens is 4. The first-order chi connectivity index (χ1) is 10.1. The number of ether oxygens (including phenoxy) is 1. The summed E-state index contributed by atoms with van der Waals surface area (Å²) < 4.78 is 29.5. The monoisotopic (exact) mass is 354 g/mol. The predicted molar refractivity (Wildman–Crippen MR) is 87.3 cm³/mol. The molecular weight excluding hydrogens is 333 g/mol. The van der Waals surface area contributed by atoms with Crippen LogP contribution in [0.25, 0.3) is 0 Å². The summed E-state index contributed by atoms with van der Waals surface area (Å²) in [6.07, 6.45) is 2.24. The van der Waals surface area contributed by atoms with Crippen molar-refractivity contribution in [3.05, 3.63) is 28.8 Å². The molecule has 0 radical (unpaired) electrons. The van der Waals surface area contributed by atoms with E-state index in [4.69, 9.17) is 11.6 Å². The standard InChI is InChI=1S/C15H21ClF2N2O.ClH/c1-19-9-11-4-6-20(7-5-11)10-12-8-13(16)2-3-14(12)21-15(17)18;/h2-3,8,11,15,19H,4-7,9-10H2,1H3;1H. The number of nitrogens with one attached hydrogen (secondary N) is 1. The Morgan fingerprint density at radius 3 is 2.64 bits per heavy atom. The topological polar surface area (TPSA) is 24.5 Å². The minimum absolute atomic E-state index is 0. The third-order valence-corrected chi connectivity index (χ3v) is 4.07. The summed E-state index contributed by atoms with van der Waals surface area (Å²) >= 11 is 5.97. The lowest BCUT2D eigenvalue weighted by molar-refractivity contribution is -0.0508. The lowest BCUT2D eigenvalue weighted by Gasteiger charge is -2.32. The zero-order valence-electron chi connectivity index (χ0n) is 12.5. The normalized spacial score (nSPS) is 16.6. The lowest BCUT2D eigenvalue weighted by atomic mass is 9.96. The molecule has 1 N–H and O–H groups in total. The van der Waals surface area contributed by atoms with Gasteiger partial charge in [0.25, 0.3) is 0 Å². The molecule has 0 aromatic heterocycles. The van der Waals surface area contributed by atoms with E-state index in [0.717, 1.165) is 38.0 Å². The smallest absolute Gasteiger partial charge is 0.387 e. The summed E-state index contributed by atoms with van der Waals surface area (Å²) in [5.74, 6) is 0.911. The van der Waals surface area contributed by atoms with Gasteiger partial charge in [-0.3, -0.25) is 4.90 Å². The predicted octanol–water partition coefficient (Wildman–Crippen LogP) is 3.79. The zero-order valence-corrected chi connectivity index (χ0v) is 14.1. The van der Waals surface area contributed by atoms with Gasteiger partial charge in [0.1, 0.15) is 5.75 Å². The third-order valence-electron chi connectivity index (χ3n) is 3.83. The van der Waals surface area contributed by atoms with E-state index in [9.17, 15) is 8.78 Å². The molecule has 1 aliphatic heterocycles. The van der Waals surface area contributed by atoms with Crippen LogP contribution in [0.15, 0.2) is 18.2 Å². The van der Waals surface area contributed by atoms with Gasteiger partial charge in [-0.15, -0.1) is 12.4 Å². The summed E-state index contributed by atoms with van der Waals surface area (Å²) in [5, 5.41) is 3.74. The van der Waals surface area contributed by atoms with Gasteiger partial charge in [0, 0.05) is 17.1 Å². The summed E-state index contributed by atoms with van der Waals surface area (Å²) in [6.45, 7) is 0.742. The Morgan fingerprint density at radius 2 is 2.05 bits per heavy atom. The minimum Gasteiger partial charge on any atom is -0.434 e. The number of nitrogens with zero attached hydrogens (tertiary/aromatic N) is 1. The Bertz CT molecular complexity index is 455. The maximum Gasteiger partial charge on any atom is 0.387 e. The van der Waals surface area contributed by atoms with Crippen molar-refractivity contribution in [2.75, 3.05) is 26.7 Å². The van der Waals surface area contributed by atoms with Gasteiger partial charge in [-0.25, -0.2) is 0 Å². The first-order valence-electron chi connectivity index (χ1n) is 7.18. The van der Waals surface area contributed by atoms with Gasteiger partial charge < -0.3 is 10.1 Å². The number of benzene rings is 1. The van der Waals surface area contributed by atoms with Crippen LogP contribution < -0.4 is 10.1 Å². The van der Waals surface area contributed by atoms with Crippen molar-refractivity contribution in [3.63, 3.8) is 0 Å². The van der Waals surface area contributed by atoms with E-state index in [1.807, 2.05) is 7.05 Å². The second-order valence-electron chi connectivity index (χ2n) is 5.41. The number of rotatable bonds is 6. The minimum atomic E-state index is -2.81. The Hall–Kier alpha value is -0.620. The largest absolute Gasteiger partial charge is 0.434 e. The molecule has 3 nitrogen and oxygen atoms in total. The Balaban J connectivity index is 0.00000242. The molecular formula is C15H22Cl2F2N2O. The van der Waals surface area contributed by atoms with Crippen LogP contribution in [0.1, 0.15) is 18.4 Å². The maximum absolute atomic E-state index is 12.4. The first kappa shape index (κ1) is 19.4. The van der Waals surface area contributed by atoms with E-state index < -0.39 is 6.61 Å². The van der Waals surface area contributed by atoms with Crippen molar-refractivity contribution in [2.24, 2.45) is 5.92 Å². The Labute approximate surface area is 141 Å². The van der Waals surface area contributed by atoms with Crippen LogP contribution in [0.5, 0.6) is 5.75 Å². The second-order valence-corrected chi connectivity index (χ2v) is 5.84. The highest BCUT2D eigenvalue weighted by atomic mass is 35.5. The third kappa shape index (κ3) is 5.88. The number of hydrogen-bond acceptors (Lipinski definition) is 3. The van der Waals surface area contributed by atoms with Gasteiger partial charge in [0.15, 0.2) is 0 Å². The van der Waals surface area contributed by atoms with Gasteiger partial charge in [0.2, 0.25) is 0 Å². The zero-order chi connectivity index (χ0) is 15.2. The van der Waals surface area contributed by atoms with Crippen LogP contribution in [-0.4, -0.2) is 38.2 Å². The maximum atomic E-state index is 12.4. The summed E-state index contributed by atoms with van der Waals surface area (Å²) in [7, 11) is 1.96. The molecule has 1 aromatic rings. The molecule has 0 saturated carbocycles. The number of alkyl halides is 2. The fraction of sp³-hybridized carbons (Fsp3) is 0.600. The van der Waals surface area contributed by atoms with Crippen molar-refractivity contribution < 1.29 is 13.5 Å². The van der Waals surface area contributed by atoms with Gasteiger partial charge in [0.05, 0.1) is 0 Å². The fourth-order valence-electron chi connectivity index (χ4n) is 2.76. The van der Waals surface area contributed by atoms with Crippen molar-refractivity contribution >= 4 is 24.0 Å². The van der Waals surface area contributed by atoms with Crippen molar-refractivity contribution in [1.82, 2.24) is 10.2 Å². The van der Waals surface area contributed by atoms with Gasteiger partial charge in [-0.1, -0.05) is 11.6 Å². The van der Waals surface area contributed by atoms with Crippen LogP contribution in [0.4, 0.5) is 8.78 Å². The molecule has 1 heterocycles. The highest BCUT2D eigenvalue weighted by Gasteiger charge is 2.20. The number of likely N-dealkylation sites (tertiary alicyclic amines) is 1. The van der Waals surface area contributed by atoms with Crippen molar-refractivity contribution in [1.29, 1.82) is 0 Å². The Kier molecular flexibility index (Phi) is 8.39. The van der Waals surface area contributed by atoms with Crippen LogP contribution in [-0.2, 0) is 6.54 Å². The van der Waals surface area contributed by atoms with Gasteiger partial charge in [-0.05, 0) is 63.6 Å². The van der Waals surface area contributed by atoms with Gasteiger partial charge in [-0.2, -0.15) is 8.78 Å². The molecule has 1 aromatic carbocycles. The SMILES string of the molecule is CNCC1CCN(Cc2cc(Cl)ccc2OC(F)F)CC1.Cl. The summed E-state index contributed by atoms with van der Waals surface area (Å²) in [6, 6.07) is 4.79. The molecule has 0 spiro atoms. The van der Waals surface area contributed by atoms with Crippen molar-refractivity contribution in [3.8, 4) is 5.75 Å². The molecule has 22 heavy (non-hydrogen) atoms. The number of hydrogen-bond donors (Lipinski definition) is 1. The van der Waals surface area contributed by atoms with Crippen LogP contribution >= 0.6 is 24.0 Å². The molecule has 1 fully saturated rings. The highest BCUT2D eigenvalue weighted by Crippen LogP contribution is 2.27. The molecule has 2 rings (SSSR count). The summed E-state index contributed by atoms with van der Waals surface area (Å²) in [5.41, 5.74) is 0.717. The van der Waals surface area contributed by atoms with Crippen molar-refractivity contribution in [2.45, 2.75) is 26.0 Å². The molecule has 1 saturated heterocycles. The van der Waals surface area contributed by atoms with Crippen LogP contribution in [0.3, 0.4) is 0 Å². The molecule has 1 aliphatic rings. The molecule has 0 bridgehead atoms. The summed E-state index contributed by atoms with van der Waals surface area (Å²) in [4.78, 5) is 2.26. The molecule has 0 aliphatic carbocycles. The van der Waals surface area contributed by atoms with E-state index in [1.165, 1.54) is 6.07 Å². The van der Waals surface area contributed by atoms with E-state index in [0.29, 0.717) is 17.5 Å². The van der Waals surface area contributed by atoms with E-state index in [1.54, 1.807) is 12.1 Å². The van der Waals surface area contributed by atoms with E-state index in [2.05, 4.69) is 15.0 Å². The number of piperidine rings is 1. The lowest BCUT2D eigenvalue weighted by Crippen LogP contribution is -2.36. The van der Waals surface area contributed by atoms with E-state index in [-0.39, 0.29) is 18.2 Å². The average Bonchev–Trinajstić information content (AvgIpc) is 2.44. The average molecular weight is 355 g/mol. The molecule has 126 valence electrons. The van der Waals surface area contributed by atoms with Gasteiger partial charge >= 0.3 is 6.61 Å². The Morgan fingerprint density at radius 1 is 1.36 bits per heavy atom. The quantitative estimate of drug-likeness (QED) is 0.840. The first-order valence-corrected chi connectivity index (χ1v) is 7.56. The van der Waals surface area contributed by atoms with Crippen LogP contribution in [0, 0.1) is 5.92 Å². The van der Waals surface area contributed by atoms with Crippen LogP contribution in [0.2, 0.25) is 5.02 Å². The molecule has 0 atom stereocenters. The second kappa shape index (κ2) is 9.50. The molecule has 7 heteroatoms. The molecule has 0 amide bonds. The molecule has 0 unspecified atom stereocenters. The fourth-order valence-corrected chi connectivity index (χ4v) is 2.96. The highest BCUT2D eigenvalue weighted by molar-refractivity contribution is 6.30.